The summed E-state index contributed by atoms with van der Waals surface area (Å²) in [4.78, 5) is 0. The summed E-state index contributed by atoms with van der Waals surface area (Å²) in [6.45, 7) is 7.15. The highest BCUT2D eigenvalue weighted by Gasteiger charge is 2.11. The fraction of sp³-hybridized carbons (Fsp3) is 0.800. The average Bonchev–Trinajstić information content (AvgIpc) is 2.05. The summed E-state index contributed by atoms with van der Waals surface area (Å²) >= 11 is 0. The Morgan fingerprint density at radius 3 is 3.00 bits per heavy atom. The summed E-state index contributed by atoms with van der Waals surface area (Å²) in [5, 5.41) is 3.33. The Hall–Kier alpha value is -0.340. The fourth-order valence-electron chi connectivity index (χ4n) is 1.31. The van der Waals surface area contributed by atoms with Gasteiger partial charge in [0.2, 0.25) is 0 Å². The molecule has 2 heteroatoms. The summed E-state index contributed by atoms with van der Waals surface area (Å²) in [7, 11) is 0. The van der Waals surface area contributed by atoms with E-state index in [4.69, 9.17) is 4.74 Å². The van der Waals surface area contributed by atoms with Crippen molar-refractivity contribution in [2.45, 2.75) is 32.8 Å². The number of nitrogens with one attached hydrogen (secondary N) is 1. The van der Waals surface area contributed by atoms with Gasteiger partial charge < -0.3 is 10.1 Å². The summed E-state index contributed by atoms with van der Waals surface area (Å²) < 4.78 is 5.65. The summed E-state index contributed by atoms with van der Waals surface area (Å²) in [5.41, 5.74) is 1.33. The van der Waals surface area contributed by atoms with Gasteiger partial charge >= 0.3 is 0 Å². The van der Waals surface area contributed by atoms with Gasteiger partial charge in [-0.3, -0.25) is 0 Å². The number of piperidine rings is 1. The van der Waals surface area contributed by atoms with Gasteiger partial charge in [0.15, 0.2) is 0 Å². The van der Waals surface area contributed by atoms with E-state index in [0.29, 0.717) is 6.10 Å². The molecule has 1 aliphatic rings. The summed E-state index contributed by atoms with van der Waals surface area (Å²) in [6.07, 6.45) is 5.03. The van der Waals surface area contributed by atoms with Crippen LogP contribution in [0.25, 0.3) is 0 Å². The Labute approximate surface area is 75.0 Å². The molecule has 1 unspecified atom stereocenters. The molecular weight excluding hydrogens is 150 g/mol. The van der Waals surface area contributed by atoms with Crippen LogP contribution in [0.2, 0.25) is 0 Å². The van der Waals surface area contributed by atoms with Gasteiger partial charge in [-0.2, -0.15) is 0 Å². The number of rotatable bonds is 3. The second kappa shape index (κ2) is 5.33. The van der Waals surface area contributed by atoms with E-state index in [1.54, 1.807) is 0 Å². The van der Waals surface area contributed by atoms with Gasteiger partial charge in [-0.05, 0) is 33.2 Å². The molecule has 1 rings (SSSR count). The third-order valence-corrected chi connectivity index (χ3v) is 2.08. The van der Waals surface area contributed by atoms with E-state index in [1.165, 1.54) is 18.4 Å². The van der Waals surface area contributed by atoms with E-state index in [9.17, 15) is 0 Å². The first kappa shape index (κ1) is 9.75. The SMILES string of the molecule is CC(C)=CCOC1CCCNC1. The standard InChI is InChI=1S/C10H19NO/c1-9(2)5-7-12-10-4-3-6-11-8-10/h5,10-11H,3-4,6-8H2,1-2H3. The molecule has 0 amide bonds. The molecular formula is C10H19NO. The van der Waals surface area contributed by atoms with Crippen molar-refractivity contribution in [1.82, 2.24) is 5.32 Å². The van der Waals surface area contributed by atoms with Crippen LogP contribution in [0.3, 0.4) is 0 Å². The second-order valence-corrected chi connectivity index (χ2v) is 3.58. The van der Waals surface area contributed by atoms with Crippen LogP contribution in [0.15, 0.2) is 11.6 Å². The number of hydrogen-bond donors (Lipinski definition) is 1. The number of ether oxygens (including phenoxy) is 1. The van der Waals surface area contributed by atoms with Crippen molar-refractivity contribution >= 4 is 0 Å². The average molecular weight is 169 g/mol. The quantitative estimate of drug-likeness (QED) is 0.649. The van der Waals surface area contributed by atoms with Gasteiger partial charge in [-0.25, -0.2) is 0 Å². The van der Waals surface area contributed by atoms with Crippen LogP contribution >= 0.6 is 0 Å². The lowest BCUT2D eigenvalue weighted by Crippen LogP contribution is -2.35. The number of allylic oxidation sites excluding steroid dienone is 1. The molecule has 0 saturated carbocycles. The van der Waals surface area contributed by atoms with Crippen molar-refractivity contribution in [3.05, 3.63) is 11.6 Å². The molecule has 0 bridgehead atoms. The van der Waals surface area contributed by atoms with Gasteiger partial charge in [0, 0.05) is 6.54 Å². The predicted molar refractivity (Wildman–Crippen MR) is 51.3 cm³/mol. The van der Waals surface area contributed by atoms with Gasteiger partial charge in [-0.15, -0.1) is 0 Å². The molecule has 1 N–H and O–H groups in total. The third kappa shape index (κ3) is 3.88. The topological polar surface area (TPSA) is 21.3 Å². The van der Waals surface area contributed by atoms with E-state index in [2.05, 4.69) is 25.2 Å². The minimum Gasteiger partial charge on any atom is -0.373 e. The van der Waals surface area contributed by atoms with Gasteiger partial charge in [0.25, 0.3) is 0 Å². The van der Waals surface area contributed by atoms with Crippen molar-refractivity contribution in [2.24, 2.45) is 0 Å². The van der Waals surface area contributed by atoms with Crippen LogP contribution in [0.4, 0.5) is 0 Å². The molecule has 1 heterocycles. The molecule has 1 saturated heterocycles. The molecule has 0 radical (unpaired) electrons. The molecule has 0 aliphatic carbocycles. The Kier molecular flexibility index (Phi) is 4.33. The first-order valence-electron chi connectivity index (χ1n) is 4.74. The van der Waals surface area contributed by atoms with Crippen LogP contribution < -0.4 is 5.32 Å². The molecule has 1 fully saturated rings. The lowest BCUT2D eigenvalue weighted by Gasteiger charge is -2.22. The lowest BCUT2D eigenvalue weighted by atomic mass is 10.1. The van der Waals surface area contributed by atoms with Crippen LogP contribution in [0.1, 0.15) is 26.7 Å². The highest BCUT2D eigenvalue weighted by atomic mass is 16.5. The highest BCUT2D eigenvalue weighted by molar-refractivity contribution is 4.93. The molecule has 2 nitrogen and oxygen atoms in total. The van der Waals surface area contributed by atoms with Crippen molar-refractivity contribution in [2.75, 3.05) is 19.7 Å². The van der Waals surface area contributed by atoms with E-state index < -0.39 is 0 Å². The van der Waals surface area contributed by atoms with Crippen molar-refractivity contribution in [3.63, 3.8) is 0 Å². The monoisotopic (exact) mass is 169 g/mol. The van der Waals surface area contributed by atoms with Gasteiger partial charge in [0.1, 0.15) is 0 Å². The third-order valence-electron chi connectivity index (χ3n) is 2.08. The maximum Gasteiger partial charge on any atom is 0.0704 e. The molecule has 0 aromatic carbocycles. The summed E-state index contributed by atoms with van der Waals surface area (Å²) in [5.74, 6) is 0. The molecule has 70 valence electrons. The molecule has 0 aromatic heterocycles. The zero-order valence-electron chi connectivity index (χ0n) is 8.10. The second-order valence-electron chi connectivity index (χ2n) is 3.58. The van der Waals surface area contributed by atoms with Crippen molar-refractivity contribution in [3.8, 4) is 0 Å². The van der Waals surface area contributed by atoms with Crippen LogP contribution in [0.5, 0.6) is 0 Å². The van der Waals surface area contributed by atoms with E-state index in [0.717, 1.165) is 19.7 Å². The maximum absolute atomic E-state index is 5.65. The van der Waals surface area contributed by atoms with Crippen LogP contribution in [-0.2, 0) is 4.74 Å². The molecule has 0 spiro atoms. The zero-order valence-corrected chi connectivity index (χ0v) is 8.10. The molecule has 12 heavy (non-hydrogen) atoms. The Morgan fingerprint density at radius 2 is 2.42 bits per heavy atom. The Bertz CT molecular complexity index is 144. The Morgan fingerprint density at radius 1 is 1.58 bits per heavy atom. The first-order chi connectivity index (χ1) is 5.79. The largest absolute Gasteiger partial charge is 0.373 e. The van der Waals surface area contributed by atoms with Crippen molar-refractivity contribution < 1.29 is 4.74 Å². The molecule has 1 atom stereocenters. The Balaban J connectivity index is 2.09. The van der Waals surface area contributed by atoms with E-state index >= 15 is 0 Å². The normalized spacial score (nSPS) is 23.7. The molecule has 1 aliphatic heterocycles. The first-order valence-corrected chi connectivity index (χ1v) is 4.74. The fourth-order valence-corrected chi connectivity index (χ4v) is 1.31. The number of hydrogen-bond acceptors (Lipinski definition) is 2. The highest BCUT2D eigenvalue weighted by Crippen LogP contribution is 2.05. The zero-order chi connectivity index (χ0) is 8.81. The van der Waals surface area contributed by atoms with Crippen LogP contribution in [-0.4, -0.2) is 25.8 Å². The van der Waals surface area contributed by atoms with Crippen LogP contribution in [0, 0.1) is 0 Å². The smallest absolute Gasteiger partial charge is 0.0704 e. The molecule has 0 aromatic rings. The minimum absolute atomic E-state index is 0.439. The van der Waals surface area contributed by atoms with Gasteiger partial charge in [-0.1, -0.05) is 11.6 Å². The van der Waals surface area contributed by atoms with E-state index in [1.807, 2.05) is 0 Å². The van der Waals surface area contributed by atoms with Crippen molar-refractivity contribution in [1.29, 1.82) is 0 Å². The lowest BCUT2D eigenvalue weighted by molar-refractivity contribution is 0.0556. The minimum atomic E-state index is 0.439. The van der Waals surface area contributed by atoms with Gasteiger partial charge in [0.05, 0.1) is 12.7 Å². The summed E-state index contributed by atoms with van der Waals surface area (Å²) in [6, 6.07) is 0. The predicted octanol–water partition coefficient (Wildman–Crippen LogP) is 1.72. The maximum atomic E-state index is 5.65. The van der Waals surface area contributed by atoms with E-state index in [-0.39, 0.29) is 0 Å².